The first-order chi connectivity index (χ1) is 8.31. The zero-order chi connectivity index (χ0) is 12.1. The third-order valence-electron chi connectivity index (χ3n) is 3.74. The van der Waals surface area contributed by atoms with Gasteiger partial charge in [-0.05, 0) is 31.8 Å². The highest BCUT2D eigenvalue weighted by Crippen LogP contribution is 2.20. The Morgan fingerprint density at radius 3 is 2.82 bits per heavy atom. The number of rotatable bonds is 5. The molecular formula is C13H24N4. The molecule has 0 aromatic carbocycles. The Bertz CT molecular complexity index is 326. The van der Waals surface area contributed by atoms with Gasteiger partial charge < -0.3 is 10.3 Å². The summed E-state index contributed by atoms with van der Waals surface area (Å²) in [5, 5.41) is 0. The summed E-state index contributed by atoms with van der Waals surface area (Å²) in [7, 11) is 0. The Labute approximate surface area is 104 Å². The zero-order valence-corrected chi connectivity index (χ0v) is 10.8. The van der Waals surface area contributed by atoms with E-state index in [0.29, 0.717) is 6.54 Å². The molecule has 2 rings (SSSR count). The summed E-state index contributed by atoms with van der Waals surface area (Å²) in [5.41, 5.74) is 6.70. The highest BCUT2D eigenvalue weighted by Gasteiger charge is 2.18. The fraction of sp³-hybridized carbons (Fsp3) is 0.769. The molecule has 4 nitrogen and oxygen atoms in total. The van der Waals surface area contributed by atoms with E-state index in [-0.39, 0.29) is 0 Å². The Kier molecular flexibility index (Phi) is 4.57. The number of hydrogen-bond donors (Lipinski definition) is 1. The Hall–Kier alpha value is -0.870. The van der Waals surface area contributed by atoms with Crippen LogP contribution in [0.5, 0.6) is 0 Å². The first-order valence-corrected chi connectivity index (χ1v) is 6.75. The molecule has 2 heterocycles. The van der Waals surface area contributed by atoms with Crippen molar-refractivity contribution >= 4 is 0 Å². The van der Waals surface area contributed by atoms with Crippen LogP contribution in [0.1, 0.15) is 31.9 Å². The molecule has 0 unspecified atom stereocenters. The van der Waals surface area contributed by atoms with Crippen molar-refractivity contribution in [1.82, 2.24) is 14.5 Å². The fourth-order valence-corrected chi connectivity index (χ4v) is 2.54. The van der Waals surface area contributed by atoms with E-state index >= 15 is 0 Å². The first kappa shape index (κ1) is 12.6. The second-order valence-corrected chi connectivity index (χ2v) is 5.02. The van der Waals surface area contributed by atoms with Crippen molar-refractivity contribution in [2.45, 2.75) is 39.3 Å². The number of likely N-dealkylation sites (tertiary alicyclic amines) is 1. The molecule has 0 bridgehead atoms. The number of nitrogens with zero attached hydrogens (tertiary/aromatic N) is 3. The molecule has 96 valence electrons. The van der Waals surface area contributed by atoms with Crippen molar-refractivity contribution in [3.8, 4) is 0 Å². The van der Waals surface area contributed by atoms with E-state index < -0.39 is 0 Å². The Morgan fingerprint density at radius 1 is 1.41 bits per heavy atom. The molecule has 0 atom stereocenters. The van der Waals surface area contributed by atoms with Gasteiger partial charge in [-0.15, -0.1) is 0 Å². The van der Waals surface area contributed by atoms with Crippen LogP contribution in [-0.4, -0.2) is 34.1 Å². The molecule has 0 spiro atoms. The predicted molar refractivity (Wildman–Crippen MR) is 69.6 cm³/mol. The van der Waals surface area contributed by atoms with Gasteiger partial charge in [-0.2, -0.15) is 0 Å². The number of aromatic nitrogens is 2. The number of piperidine rings is 1. The SMILES string of the molecule is CCC1CCN(Cc2cn(CCN)cn2)CC1. The van der Waals surface area contributed by atoms with Gasteiger partial charge in [-0.3, -0.25) is 4.90 Å². The maximum absolute atomic E-state index is 5.53. The zero-order valence-electron chi connectivity index (χ0n) is 10.8. The van der Waals surface area contributed by atoms with E-state index in [4.69, 9.17) is 5.73 Å². The van der Waals surface area contributed by atoms with Gasteiger partial charge in [0.25, 0.3) is 0 Å². The summed E-state index contributed by atoms with van der Waals surface area (Å²) in [5.74, 6) is 0.945. The lowest BCUT2D eigenvalue weighted by Crippen LogP contribution is -2.33. The van der Waals surface area contributed by atoms with E-state index in [9.17, 15) is 0 Å². The maximum Gasteiger partial charge on any atom is 0.0950 e. The van der Waals surface area contributed by atoms with Crippen molar-refractivity contribution in [2.75, 3.05) is 19.6 Å². The summed E-state index contributed by atoms with van der Waals surface area (Å²) in [4.78, 5) is 6.95. The molecule has 0 saturated carbocycles. The number of hydrogen-bond acceptors (Lipinski definition) is 3. The summed E-state index contributed by atoms with van der Waals surface area (Å²) in [6, 6.07) is 0. The molecule has 17 heavy (non-hydrogen) atoms. The van der Waals surface area contributed by atoms with E-state index in [1.165, 1.54) is 38.0 Å². The normalized spacial score (nSPS) is 18.7. The minimum absolute atomic E-state index is 0.678. The highest BCUT2D eigenvalue weighted by molar-refractivity contribution is 4.97. The van der Waals surface area contributed by atoms with Gasteiger partial charge in [0.15, 0.2) is 0 Å². The lowest BCUT2D eigenvalue weighted by Gasteiger charge is -2.30. The molecule has 1 aromatic heterocycles. The quantitative estimate of drug-likeness (QED) is 0.842. The van der Waals surface area contributed by atoms with E-state index in [0.717, 1.165) is 19.0 Å². The van der Waals surface area contributed by atoms with Crippen molar-refractivity contribution in [1.29, 1.82) is 0 Å². The van der Waals surface area contributed by atoms with Gasteiger partial charge in [0.2, 0.25) is 0 Å². The molecule has 1 aromatic rings. The first-order valence-electron chi connectivity index (χ1n) is 6.75. The van der Waals surface area contributed by atoms with Crippen molar-refractivity contribution < 1.29 is 0 Å². The Morgan fingerprint density at radius 2 is 2.18 bits per heavy atom. The van der Waals surface area contributed by atoms with E-state index in [1.807, 2.05) is 6.33 Å². The van der Waals surface area contributed by atoms with Crippen molar-refractivity contribution in [3.05, 3.63) is 18.2 Å². The molecule has 1 saturated heterocycles. The lowest BCUT2D eigenvalue weighted by molar-refractivity contribution is 0.173. The van der Waals surface area contributed by atoms with Crippen molar-refractivity contribution in [2.24, 2.45) is 11.7 Å². The minimum atomic E-state index is 0.678. The van der Waals surface area contributed by atoms with Crippen LogP contribution in [0.25, 0.3) is 0 Å². The summed E-state index contributed by atoms with van der Waals surface area (Å²) in [6.07, 6.45) is 8.04. The lowest BCUT2D eigenvalue weighted by atomic mass is 9.94. The van der Waals surface area contributed by atoms with Crippen LogP contribution in [0.15, 0.2) is 12.5 Å². The molecule has 4 heteroatoms. The largest absolute Gasteiger partial charge is 0.336 e. The summed E-state index contributed by atoms with van der Waals surface area (Å²) < 4.78 is 2.08. The topological polar surface area (TPSA) is 47.1 Å². The van der Waals surface area contributed by atoms with Crippen LogP contribution < -0.4 is 5.73 Å². The second kappa shape index (κ2) is 6.17. The van der Waals surface area contributed by atoms with Gasteiger partial charge in [0.05, 0.1) is 12.0 Å². The van der Waals surface area contributed by atoms with Gasteiger partial charge >= 0.3 is 0 Å². The summed E-state index contributed by atoms with van der Waals surface area (Å²) >= 11 is 0. The third-order valence-corrected chi connectivity index (χ3v) is 3.74. The van der Waals surface area contributed by atoms with Crippen LogP contribution in [0.2, 0.25) is 0 Å². The monoisotopic (exact) mass is 236 g/mol. The van der Waals surface area contributed by atoms with Crippen LogP contribution in [0.3, 0.4) is 0 Å². The Balaban J connectivity index is 1.80. The average Bonchev–Trinajstić information content (AvgIpc) is 2.78. The predicted octanol–water partition coefficient (Wildman–Crippen LogP) is 1.46. The summed E-state index contributed by atoms with van der Waals surface area (Å²) in [6.45, 7) is 7.29. The standard InChI is InChI=1S/C13H24N4/c1-2-12-3-6-16(7-4-12)9-13-10-17(8-5-14)11-15-13/h10-12H,2-9,14H2,1H3. The molecule has 0 radical (unpaired) electrons. The van der Waals surface area contributed by atoms with Gasteiger partial charge in [0, 0.05) is 25.8 Å². The maximum atomic E-state index is 5.53. The van der Waals surface area contributed by atoms with Crippen LogP contribution in [0, 0.1) is 5.92 Å². The molecule has 1 aliphatic heterocycles. The van der Waals surface area contributed by atoms with Crippen LogP contribution in [0.4, 0.5) is 0 Å². The number of imidazole rings is 1. The molecule has 0 amide bonds. The molecule has 1 fully saturated rings. The van der Waals surface area contributed by atoms with E-state index in [2.05, 4.69) is 27.6 Å². The fourth-order valence-electron chi connectivity index (χ4n) is 2.54. The number of nitrogens with two attached hydrogens (primary N) is 1. The van der Waals surface area contributed by atoms with E-state index in [1.54, 1.807) is 0 Å². The highest BCUT2D eigenvalue weighted by atomic mass is 15.1. The molecule has 1 aliphatic rings. The smallest absolute Gasteiger partial charge is 0.0950 e. The minimum Gasteiger partial charge on any atom is -0.336 e. The van der Waals surface area contributed by atoms with Gasteiger partial charge in [0.1, 0.15) is 0 Å². The van der Waals surface area contributed by atoms with Crippen molar-refractivity contribution in [3.63, 3.8) is 0 Å². The average molecular weight is 236 g/mol. The molecule has 0 aliphatic carbocycles. The van der Waals surface area contributed by atoms with Crippen LogP contribution >= 0.6 is 0 Å². The molecular weight excluding hydrogens is 212 g/mol. The second-order valence-electron chi connectivity index (χ2n) is 5.02. The van der Waals surface area contributed by atoms with Crippen LogP contribution in [-0.2, 0) is 13.1 Å². The van der Waals surface area contributed by atoms with Gasteiger partial charge in [-0.1, -0.05) is 13.3 Å². The third kappa shape index (κ3) is 3.54. The molecule has 2 N–H and O–H groups in total. The van der Waals surface area contributed by atoms with Gasteiger partial charge in [-0.25, -0.2) is 4.98 Å².